The van der Waals surface area contributed by atoms with E-state index in [0.29, 0.717) is 17.3 Å². The Bertz CT molecular complexity index is 441. The van der Waals surface area contributed by atoms with E-state index in [-0.39, 0.29) is 6.54 Å². The highest BCUT2D eigenvalue weighted by Gasteiger charge is 2.27. The number of aromatic nitrogens is 1. The van der Waals surface area contributed by atoms with Gasteiger partial charge in [0.1, 0.15) is 17.3 Å². The zero-order chi connectivity index (χ0) is 13.9. The first kappa shape index (κ1) is 14.1. The lowest BCUT2D eigenvalue weighted by Gasteiger charge is -2.33. The third kappa shape index (κ3) is 3.26. The molecule has 0 saturated heterocycles. The van der Waals surface area contributed by atoms with Gasteiger partial charge in [0.15, 0.2) is 0 Å². The molecule has 0 aliphatic rings. The number of hydrogen-bond acceptors (Lipinski definition) is 4. The molecule has 0 aromatic carbocycles. The number of methoxy groups -OCH3 is 1. The van der Waals surface area contributed by atoms with Crippen molar-refractivity contribution in [3.05, 3.63) is 17.8 Å². The van der Waals surface area contributed by atoms with Crippen molar-refractivity contribution in [3.8, 4) is 5.75 Å². The number of nitrogens with zero attached hydrogens (tertiary/aromatic N) is 2. The van der Waals surface area contributed by atoms with Crippen LogP contribution in [0.4, 0.5) is 10.6 Å². The molecule has 0 unspecified atom stereocenters. The first-order chi connectivity index (χ1) is 8.25. The first-order valence-electron chi connectivity index (χ1n) is 5.55. The van der Waals surface area contributed by atoms with Crippen LogP contribution in [0.5, 0.6) is 5.75 Å². The van der Waals surface area contributed by atoms with Crippen LogP contribution >= 0.6 is 0 Å². The maximum absolute atomic E-state index is 11.3. The van der Waals surface area contributed by atoms with Gasteiger partial charge in [-0.1, -0.05) is 0 Å². The topological polar surface area (TPSA) is 88.7 Å². The molecule has 3 N–H and O–H groups in total. The molecule has 18 heavy (non-hydrogen) atoms. The highest BCUT2D eigenvalue weighted by molar-refractivity contribution is 5.66. The van der Waals surface area contributed by atoms with Gasteiger partial charge in [-0.2, -0.15) is 0 Å². The minimum Gasteiger partial charge on any atom is -0.495 e. The molecule has 6 heteroatoms. The first-order valence-corrected chi connectivity index (χ1v) is 5.55. The van der Waals surface area contributed by atoms with Crippen LogP contribution in [0.3, 0.4) is 0 Å². The molecule has 6 nitrogen and oxygen atoms in total. The Balaban J connectivity index is 3.08. The number of anilines is 1. The van der Waals surface area contributed by atoms with Crippen molar-refractivity contribution in [2.75, 3.05) is 12.8 Å². The summed E-state index contributed by atoms with van der Waals surface area (Å²) in [4.78, 5) is 16.7. The third-order valence-corrected chi connectivity index (χ3v) is 2.52. The van der Waals surface area contributed by atoms with E-state index >= 15 is 0 Å². The third-order valence-electron chi connectivity index (χ3n) is 2.52. The Labute approximate surface area is 106 Å². The summed E-state index contributed by atoms with van der Waals surface area (Å²) in [5.41, 5.74) is 5.59. The second-order valence-corrected chi connectivity index (χ2v) is 4.92. The summed E-state index contributed by atoms with van der Waals surface area (Å²) in [5.74, 6) is 0.866. The fraction of sp³-hybridized carbons (Fsp3) is 0.500. The number of nitrogens with two attached hydrogens (primary N) is 1. The van der Waals surface area contributed by atoms with Gasteiger partial charge in [-0.25, -0.2) is 9.78 Å². The van der Waals surface area contributed by atoms with E-state index in [2.05, 4.69) is 4.98 Å². The number of amides is 1. The number of pyridine rings is 1. The zero-order valence-electron chi connectivity index (χ0n) is 11.1. The van der Waals surface area contributed by atoms with E-state index < -0.39 is 11.6 Å². The molecule has 0 spiro atoms. The molecule has 1 heterocycles. The van der Waals surface area contributed by atoms with Gasteiger partial charge in [-0.3, -0.25) is 4.90 Å². The van der Waals surface area contributed by atoms with Crippen LogP contribution in [0, 0.1) is 0 Å². The molecule has 0 bridgehead atoms. The van der Waals surface area contributed by atoms with E-state index in [9.17, 15) is 9.90 Å². The summed E-state index contributed by atoms with van der Waals surface area (Å²) in [7, 11) is 1.51. The van der Waals surface area contributed by atoms with Crippen LogP contribution in [0.25, 0.3) is 0 Å². The van der Waals surface area contributed by atoms with Gasteiger partial charge in [-0.05, 0) is 32.9 Å². The van der Waals surface area contributed by atoms with Crippen LogP contribution in [-0.2, 0) is 6.54 Å². The standard InChI is InChI=1S/C12H19N3O3/c1-12(2,3)15(11(16)17)7-8-9(18-4)5-6-10(13)14-8/h5-6H,7H2,1-4H3,(H2,13,14)(H,16,17). The molecule has 1 amide bonds. The van der Waals surface area contributed by atoms with E-state index in [1.165, 1.54) is 12.0 Å². The van der Waals surface area contributed by atoms with Gasteiger partial charge < -0.3 is 15.6 Å². The van der Waals surface area contributed by atoms with Crippen molar-refractivity contribution in [1.29, 1.82) is 0 Å². The van der Waals surface area contributed by atoms with Gasteiger partial charge in [0.05, 0.1) is 13.7 Å². The average molecular weight is 253 g/mol. The Hall–Kier alpha value is -1.98. The number of rotatable bonds is 3. The van der Waals surface area contributed by atoms with Crippen molar-refractivity contribution in [2.45, 2.75) is 32.9 Å². The Morgan fingerprint density at radius 1 is 1.50 bits per heavy atom. The fourth-order valence-electron chi connectivity index (χ4n) is 1.55. The Morgan fingerprint density at radius 3 is 2.56 bits per heavy atom. The van der Waals surface area contributed by atoms with Crippen molar-refractivity contribution < 1.29 is 14.6 Å². The summed E-state index contributed by atoms with van der Waals surface area (Å²) in [5, 5.41) is 9.23. The van der Waals surface area contributed by atoms with Crippen LogP contribution in [0.2, 0.25) is 0 Å². The highest BCUT2D eigenvalue weighted by atomic mass is 16.5. The van der Waals surface area contributed by atoms with Crippen LogP contribution in [-0.4, -0.2) is 33.7 Å². The Morgan fingerprint density at radius 2 is 2.11 bits per heavy atom. The predicted molar refractivity (Wildman–Crippen MR) is 68.5 cm³/mol. The summed E-state index contributed by atoms with van der Waals surface area (Å²) in [6.45, 7) is 5.59. The zero-order valence-corrected chi connectivity index (χ0v) is 11.1. The number of carboxylic acid groups (broad SMARTS) is 1. The van der Waals surface area contributed by atoms with Crippen molar-refractivity contribution in [2.24, 2.45) is 0 Å². The lowest BCUT2D eigenvalue weighted by Crippen LogP contribution is -2.44. The molecule has 0 atom stereocenters. The molecule has 1 aromatic rings. The molecule has 0 saturated carbocycles. The molecule has 0 aliphatic heterocycles. The van der Waals surface area contributed by atoms with Gasteiger partial charge in [0.25, 0.3) is 0 Å². The number of ether oxygens (including phenoxy) is 1. The van der Waals surface area contributed by atoms with Gasteiger partial charge in [-0.15, -0.1) is 0 Å². The van der Waals surface area contributed by atoms with E-state index in [1.54, 1.807) is 12.1 Å². The van der Waals surface area contributed by atoms with E-state index in [0.717, 1.165) is 0 Å². The number of nitrogen functional groups attached to an aromatic ring is 1. The molecular formula is C12H19N3O3. The maximum Gasteiger partial charge on any atom is 0.408 e. The predicted octanol–water partition coefficient (Wildman–Crippen LogP) is 1.95. The molecule has 0 radical (unpaired) electrons. The van der Waals surface area contributed by atoms with Gasteiger partial charge in [0, 0.05) is 5.54 Å². The normalized spacial score (nSPS) is 11.1. The van der Waals surface area contributed by atoms with Gasteiger partial charge >= 0.3 is 6.09 Å². The number of hydrogen-bond donors (Lipinski definition) is 2. The average Bonchev–Trinajstić information content (AvgIpc) is 2.24. The number of carbonyl (C=O) groups is 1. The summed E-state index contributed by atoms with van der Waals surface area (Å²) >= 11 is 0. The summed E-state index contributed by atoms with van der Waals surface area (Å²) in [6, 6.07) is 3.30. The minimum atomic E-state index is -1.01. The highest BCUT2D eigenvalue weighted by Crippen LogP contribution is 2.23. The quantitative estimate of drug-likeness (QED) is 0.859. The smallest absolute Gasteiger partial charge is 0.408 e. The molecule has 0 aliphatic carbocycles. The second-order valence-electron chi connectivity index (χ2n) is 4.92. The summed E-state index contributed by atoms with van der Waals surface area (Å²) < 4.78 is 5.16. The minimum absolute atomic E-state index is 0.132. The second kappa shape index (κ2) is 5.12. The van der Waals surface area contributed by atoms with E-state index in [1.807, 2.05) is 20.8 Å². The van der Waals surface area contributed by atoms with Gasteiger partial charge in [0.2, 0.25) is 0 Å². The van der Waals surface area contributed by atoms with Crippen LogP contribution in [0.1, 0.15) is 26.5 Å². The molecule has 100 valence electrons. The Kier molecular flexibility index (Phi) is 4.00. The molecule has 0 fully saturated rings. The van der Waals surface area contributed by atoms with Crippen LogP contribution < -0.4 is 10.5 Å². The molecule has 1 aromatic heterocycles. The molecular weight excluding hydrogens is 234 g/mol. The SMILES string of the molecule is COc1ccc(N)nc1CN(C(=O)O)C(C)(C)C. The van der Waals surface area contributed by atoms with Crippen molar-refractivity contribution >= 4 is 11.9 Å². The van der Waals surface area contributed by atoms with E-state index in [4.69, 9.17) is 10.5 Å². The fourth-order valence-corrected chi connectivity index (χ4v) is 1.55. The lowest BCUT2D eigenvalue weighted by atomic mass is 10.1. The summed E-state index contributed by atoms with van der Waals surface area (Å²) in [6.07, 6.45) is -1.01. The van der Waals surface area contributed by atoms with Crippen molar-refractivity contribution in [3.63, 3.8) is 0 Å². The largest absolute Gasteiger partial charge is 0.495 e. The monoisotopic (exact) mass is 253 g/mol. The van der Waals surface area contributed by atoms with Crippen LogP contribution in [0.15, 0.2) is 12.1 Å². The lowest BCUT2D eigenvalue weighted by molar-refractivity contribution is 0.0941. The molecule has 1 rings (SSSR count). The van der Waals surface area contributed by atoms with Crippen molar-refractivity contribution in [1.82, 2.24) is 9.88 Å². The maximum atomic E-state index is 11.3.